The number of pyridine rings is 1. The average Bonchev–Trinajstić information content (AvgIpc) is 2.99. The van der Waals surface area contributed by atoms with Gasteiger partial charge in [0.25, 0.3) is 5.91 Å². The summed E-state index contributed by atoms with van der Waals surface area (Å²) in [5.74, 6) is 0.714. The van der Waals surface area contributed by atoms with Gasteiger partial charge in [0, 0.05) is 23.3 Å². The van der Waals surface area contributed by atoms with Crippen LogP contribution < -0.4 is 0 Å². The van der Waals surface area contributed by atoms with Crippen LogP contribution in [0, 0.1) is 5.92 Å². The van der Waals surface area contributed by atoms with Crippen LogP contribution in [0.2, 0.25) is 5.15 Å². The monoisotopic (exact) mass is 370 g/mol. The van der Waals surface area contributed by atoms with Crippen molar-refractivity contribution in [2.24, 2.45) is 5.92 Å². The van der Waals surface area contributed by atoms with Gasteiger partial charge < -0.3 is 4.90 Å². The molecule has 2 fully saturated rings. The predicted octanol–water partition coefficient (Wildman–Crippen LogP) is 4.68. The van der Waals surface area contributed by atoms with Crippen molar-refractivity contribution in [1.29, 1.82) is 0 Å². The van der Waals surface area contributed by atoms with Crippen molar-refractivity contribution in [3.05, 3.63) is 27.5 Å². The summed E-state index contributed by atoms with van der Waals surface area (Å²) in [7, 11) is 0. The van der Waals surface area contributed by atoms with E-state index in [1.807, 2.05) is 4.90 Å². The molecule has 1 saturated carbocycles. The Morgan fingerprint density at radius 1 is 1.24 bits per heavy atom. The van der Waals surface area contributed by atoms with E-state index in [0.29, 0.717) is 22.7 Å². The summed E-state index contributed by atoms with van der Waals surface area (Å²) in [5, 5.41) is 0.303. The maximum Gasteiger partial charge on any atom is 0.257 e. The minimum Gasteiger partial charge on any atom is -0.335 e. The summed E-state index contributed by atoms with van der Waals surface area (Å²) < 4.78 is 0.795. The van der Waals surface area contributed by atoms with Crippen LogP contribution in [0.1, 0.15) is 55.3 Å². The third-order valence-corrected chi connectivity index (χ3v) is 5.53. The van der Waals surface area contributed by atoms with Gasteiger partial charge in [-0.3, -0.25) is 4.79 Å². The molecule has 1 aliphatic carbocycles. The summed E-state index contributed by atoms with van der Waals surface area (Å²) in [6.07, 6.45) is 10.4. The average molecular weight is 372 g/mol. The Hall–Kier alpha value is -0.610. The van der Waals surface area contributed by atoms with Crippen molar-refractivity contribution in [2.75, 3.05) is 6.54 Å². The topological polar surface area (TPSA) is 33.2 Å². The first-order valence-corrected chi connectivity index (χ1v) is 8.96. The second-order valence-corrected chi connectivity index (χ2v) is 7.37. The second kappa shape index (κ2) is 6.66. The van der Waals surface area contributed by atoms with Gasteiger partial charge in [0.1, 0.15) is 5.15 Å². The van der Waals surface area contributed by atoms with E-state index in [2.05, 4.69) is 20.9 Å². The number of amides is 1. The number of halogens is 2. The Kier molecular flexibility index (Phi) is 4.85. The molecule has 2 heterocycles. The molecule has 114 valence electrons. The zero-order valence-electron chi connectivity index (χ0n) is 12.0. The molecule has 0 bridgehead atoms. The normalized spacial score (nSPS) is 23.5. The van der Waals surface area contributed by atoms with E-state index >= 15 is 0 Å². The van der Waals surface area contributed by atoms with Gasteiger partial charge in [-0.05, 0) is 53.6 Å². The Morgan fingerprint density at radius 3 is 2.76 bits per heavy atom. The first-order valence-electron chi connectivity index (χ1n) is 7.79. The summed E-state index contributed by atoms with van der Waals surface area (Å²) in [5.41, 5.74) is 0.522. The molecule has 1 aromatic heterocycles. The van der Waals surface area contributed by atoms with Crippen molar-refractivity contribution in [3.63, 3.8) is 0 Å². The summed E-state index contributed by atoms with van der Waals surface area (Å²) in [6, 6.07) is 2.18. The van der Waals surface area contributed by atoms with Crippen molar-refractivity contribution >= 4 is 33.4 Å². The maximum atomic E-state index is 12.9. The Bertz CT molecular complexity index is 531. The predicted molar refractivity (Wildman–Crippen MR) is 87.6 cm³/mol. The molecule has 1 saturated heterocycles. The van der Waals surface area contributed by atoms with Gasteiger partial charge >= 0.3 is 0 Å². The van der Waals surface area contributed by atoms with Crippen molar-refractivity contribution in [2.45, 2.75) is 51.0 Å². The van der Waals surface area contributed by atoms with Crippen LogP contribution in [-0.2, 0) is 0 Å². The number of carbonyl (C=O) groups is 1. The summed E-state index contributed by atoms with van der Waals surface area (Å²) in [4.78, 5) is 19.0. The molecule has 0 aromatic carbocycles. The number of carbonyl (C=O) groups excluding carboxylic acids is 1. The lowest BCUT2D eigenvalue weighted by atomic mass is 9.83. The second-order valence-electron chi connectivity index (χ2n) is 6.10. The van der Waals surface area contributed by atoms with Crippen molar-refractivity contribution < 1.29 is 4.79 Å². The molecule has 1 unspecified atom stereocenters. The van der Waals surface area contributed by atoms with Gasteiger partial charge in [0.2, 0.25) is 0 Å². The molecule has 5 heteroatoms. The van der Waals surface area contributed by atoms with Gasteiger partial charge in [0.05, 0.1) is 5.56 Å². The van der Waals surface area contributed by atoms with Crippen LogP contribution in [0.25, 0.3) is 0 Å². The molecule has 0 N–H and O–H groups in total. The number of nitrogens with zero attached hydrogens (tertiary/aromatic N) is 2. The summed E-state index contributed by atoms with van der Waals surface area (Å²) in [6.45, 7) is 0.850. The molecule has 1 atom stereocenters. The fraction of sp³-hybridized carbons (Fsp3) is 0.625. The minimum absolute atomic E-state index is 0.0434. The van der Waals surface area contributed by atoms with E-state index in [4.69, 9.17) is 11.6 Å². The van der Waals surface area contributed by atoms with E-state index < -0.39 is 0 Å². The molecule has 2 aliphatic rings. The van der Waals surface area contributed by atoms with E-state index in [9.17, 15) is 4.79 Å². The molecular weight excluding hydrogens is 352 g/mol. The van der Waals surface area contributed by atoms with Crippen LogP contribution in [-0.4, -0.2) is 28.4 Å². The molecule has 3 nitrogen and oxygen atoms in total. The van der Waals surface area contributed by atoms with Crippen molar-refractivity contribution in [1.82, 2.24) is 9.88 Å². The fourth-order valence-corrected chi connectivity index (χ4v) is 4.30. The molecule has 0 radical (unpaired) electrons. The first-order chi connectivity index (χ1) is 10.2. The maximum absolute atomic E-state index is 12.9. The zero-order valence-corrected chi connectivity index (χ0v) is 14.4. The third kappa shape index (κ3) is 3.26. The minimum atomic E-state index is 0.0434. The Balaban J connectivity index is 1.80. The smallest absolute Gasteiger partial charge is 0.257 e. The van der Waals surface area contributed by atoms with Gasteiger partial charge in [0.15, 0.2) is 0 Å². The van der Waals surface area contributed by atoms with E-state index in [-0.39, 0.29) is 5.91 Å². The first kappa shape index (κ1) is 15.3. The summed E-state index contributed by atoms with van der Waals surface area (Å²) >= 11 is 9.50. The lowest BCUT2D eigenvalue weighted by Crippen LogP contribution is -2.41. The van der Waals surface area contributed by atoms with Gasteiger partial charge in [-0.25, -0.2) is 4.98 Å². The van der Waals surface area contributed by atoms with E-state index in [1.165, 1.54) is 32.1 Å². The van der Waals surface area contributed by atoms with Gasteiger partial charge in [-0.15, -0.1) is 0 Å². The molecule has 1 aliphatic heterocycles. The highest BCUT2D eigenvalue weighted by molar-refractivity contribution is 9.10. The van der Waals surface area contributed by atoms with Gasteiger partial charge in [-0.2, -0.15) is 0 Å². The number of hydrogen-bond acceptors (Lipinski definition) is 2. The lowest BCUT2D eigenvalue weighted by Gasteiger charge is -2.34. The van der Waals surface area contributed by atoms with Crippen LogP contribution in [0.15, 0.2) is 16.7 Å². The van der Waals surface area contributed by atoms with Crippen LogP contribution in [0.3, 0.4) is 0 Å². The number of rotatable bonds is 2. The molecule has 1 aromatic rings. The van der Waals surface area contributed by atoms with Crippen molar-refractivity contribution in [3.8, 4) is 0 Å². The third-order valence-electron chi connectivity index (χ3n) is 4.79. The number of hydrogen-bond donors (Lipinski definition) is 0. The Labute approximate surface area is 139 Å². The quantitative estimate of drug-likeness (QED) is 0.707. The van der Waals surface area contributed by atoms with Crippen LogP contribution in [0.4, 0.5) is 0 Å². The molecule has 3 rings (SSSR count). The van der Waals surface area contributed by atoms with Crippen LogP contribution >= 0.6 is 27.5 Å². The highest BCUT2D eigenvalue weighted by atomic mass is 79.9. The lowest BCUT2D eigenvalue weighted by molar-refractivity contribution is 0.0661. The number of likely N-dealkylation sites (tertiary alicyclic amines) is 1. The highest BCUT2D eigenvalue weighted by Crippen LogP contribution is 2.35. The van der Waals surface area contributed by atoms with Crippen LogP contribution in [0.5, 0.6) is 0 Å². The van der Waals surface area contributed by atoms with Gasteiger partial charge in [-0.1, -0.05) is 30.9 Å². The number of aromatic nitrogens is 1. The molecule has 21 heavy (non-hydrogen) atoms. The Morgan fingerprint density at radius 2 is 2.00 bits per heavy atom. The SMILES string of the molecule is O=C(c1cc(Br)cnc1Cl)N1CCCC1C1CCCCC1. The molecule has 0 spiro atoms. The zero-order chi connectivity index (χ0) is 14.8. The van der Waals surface area contributed by atoms with E-state index in [0.717, 1.165) is 23.9 Å². The van der Waals surface area contributed by atoms with E-state index in [1.54, 1.807) is 12.3 Å². The molecule has 1 amide bonds. The highest BCUT2D eigenvalue weighted by Gasteiger charge is 2.36. The molecular formula is C16H20BrClN2O. The largest absolute Gasteiger partial charge is 0.335 e. The standard InChI is InChI=1S/C16H20BrClN2O/c17-12-9-13(15(18)19-10-12)16(21)20-8-4-7-14(20)11-5-2-1-3-6-11/h9-11,14H,1-8H2. The fourth-order valence-electron chi connectivity index (χ4n) is 3.78.